The second-order valence-electron chi connectivity index (χ2n) is 4.78. The molecule has 0 aliphatic heterocycles. The fourth-order valence-electron chi connectivity index (χ4n) is 1.38. The van der Waals surface area contributed by atoms with E-state index in [1.165, 1.54) is 0 Å². The number of carbonyl (C=O) groups excluding carboxylic acids is 1. The molecule has 88 valence electrons. The third kappa shape index (κ3) is 5.74. The monoisotopic (exact) mass is 213 g/mol. The first-order valence-corrected chi connectivity index (χ1v) is 5.84. The lowest BCUT2D eigenvalue weighted by atomic mass is 10.1. The summed E-state index contributed by atoms with van der Waals surface area (Å²) in [7, 11) is 0. The first-order chi connectivity index (χ1) is 7.11. The molecule has 0 aromatic carbocycles. The Bertz CT molecular complexity index is 202. The predicted octanol–water partition coefficient (Wildman–Crippen LogP) is 0.228. The molecule has 0 heterocycles. The Labute approximate surface area is 92.0 Å². The van der Waals surface area contributed by atoms with E-state index in [4.69, 9.17) is 5.73 Å². The molecule has 0 aromatic rings. The highest BCUT2D eigenvalue weighted by atomic mass is 16.1. The van der Waals surface area contributed by atoms with E-state index in [1.54, 1.807) is 0 Å². The zero-order chi connectivity index (χ0) is 11.3. The van der Waals surface area contributed by atoms with Gasteiger partial charge in [0.2, 0.25) is 5.91 Å². The van der Waals surface area contributed by atoms with Crippen LogP contribution in [0, 0.1) is 5.92 Å². The molecule has 0 spiro atoms. The van der Waals surface area contributed by atoms with Crippen molar-refractivity contribution in [1.29, 1.82) is 0 Å². The van der Waals surface area contributed by atoms with Gasteiger partial charge in [-0.3, -0.25) is 4.79 Å². The maximum Gasteiger partial charge on any atom is 0.221 e. The van der Waals surface area contributed by atoms with Crippen LogP contribution in [-0.2, 0) is 4.79 Å². The number of nitrogens with one attached hydrogen (secondary N) is 2. The van der Waals surface area contributed by atoms with Crippen molar-refractivity contribution in [3.8, 4) is 0 Å². The first kappa shape index (κ1) is 12.5. The Morgan fingerprint density at radius 3 is 2.60 bits per heavy atom. The summed E-state index contributed by atoms with van der Waals surface area (Å²) in [5, 5.41) is 6.28. The van der Waals surface area contributed by atoms with Gasteiger partial charge < -0.3 is 16.4 Å². The maximum atomic E-state index is 11.5. The molecule has 4 N–H and O–H groups in total. The van der Waals surface area contributed by atoms with E-state index < -0.39 is 0 Å². The van der Waals surface area contributed by atoms with Gasteiger partial charge >= 0.3 is 0 Å². The Morgan fingerprint density at radius 2 is 2.13 bits per heavy atom. The summed E-state index contributed by atoms with van der Waals surface area (Å²) >= 11 is 0. The Morgan fingerprint density at radius 1 is 1.47 bits per heavy atom. The van der Waals surface area contributed by atoms with E-state index in [0.29, 0.717) is 24.9 Å². The van der Waals surface area contributed by atoms with Gasteiger partial charge in [0, 0.05) is 25.0 Å². The molecule has 0 saturated heterocycles. The zero-order valence-corrected chi connectivity index (χ0v) is 9.75. The number of hydrogen-bond acceptors (Lipinski definition) is 3. The van der Waals surface area contributed by atoms with E-state index in [1.807, 2.05) is 0 Å². The van der Waals surface area contributed by atoms with Gasteiger partial charge in [-0.1, -0.05) is 13.8 Å². The zero-order valence-electron chi connectivity index (χ0n) is 9.75. The van der Waals surface area contributed by atoms with Gasteiger partial charge in [-0.05, 0) is 25.3 Å². The van der Waals surface area contributed by atoms with Gasteiger partial charge in [-0.15, -0.1) is 0 Å². The summed E-state index contributed by atoms with van der Waals surface area (Å²) in [6, 6.07) is 0.562. The van der Waals surface area contributed by atoms with Crippen molar-refractivity contribution in [2.24, 2.45) is 11.7 Å². The lowest BCUT2D eigenvalue weighted by molar-refractivity contribution is -0.121. The van der Waals surface area contributed by atoms with Crippen LogP contribution in [0.25, 0.3) is 0 Å². The average Bonchev–Trinajstić information content (AvgIpc) is 2.95. The van der Waals surface area contributed by atoms with Crippen molar-refractivity contribution in [3.63, 3.8) is 0 Å². The smallest absolute Gasteiger partial charge is 0.221 e. The van der Waals surface area contributed by atoms with Gasteiger partial charge in [0.25, 0.3) is 0 Å². The Balaban J connectivity index is 2.15. The lowest BCUT2D eigenvalue weighted by Crippen LogP contribution is -2.42. The van der Waals surface area contributed by atoms with Crippen molar-refractivity contribution in [2.75, 3.05) is 13.1 Å². The van der Waals surface area contributed by atoms with Crippen molar-refractivity contribution >= 4 is 5.91 Å². The number of nitrogens with two attached hydrogens (primary N) is 1. The fraction of sp³-hybridized carbons (Fsp3) is 0.909. The molecule has 1 amide bonds. The SMILES string of the molecule is CC(C)CNC(CN)CC(=O)NC1CC1. The second kappa shape index (κ2) is 6.08. The standard InChI is InChI=1S/C11H23N3O/c1-8(2)7-13-10(6-12)5-11(15)14-9-3-4-9/h8-10,13H,3-7,12H2,1-2H3,(H,14,15). The van der Waals surface area contributed by atoms with E-state index in [9.17, 15) is 4.79 Å². The molecule has 1 aliphatic rings. The predicted molar refractivity (Wildman–Crippen MR) is 61.5 cm³/mol. The van der Waals surface area contributed by atoms with E-state index >= 15 is 0 Å². The van der Waals surface area contributed by atoms with Crippen molar-refractivity contribution < 1.29 is 4.79 Å². The van der Waals surface area contributed by atoms with Gasteiger partial charge in [-0.25, -0.2) is 0 Å². The molecular weight excluding hydrogens is 190 g/mol. The molecular formula is C11H23N3O. The van der Waals surface area contributed by atoms with Crippen molar-refractivity contribution in [2.45, 2.75) is 45.2 Å². The number of rotatable bonds is 7. The fourth-order valence-corrected chi connectivity index (χ4v) is 1.38. The largest absolute Gasteiger partial charge is 0.353 e. The molecule has 0 radical (unpaired) electrons. The van der Waals surface area contributed by atoms with Crippen LogP contribution in [-0.4, -0.2) is 31.1 Å². The number of hydrogen-bond donors (Lipinski definition) is 3. The summed E-state index contributed by atoms with van der Waals surface area (Å²) in [6.07, 6.45) is 2.77. The quantitative estimate of drug-likeness (QED) is 0.567. The third-order valence-electron chi connectivity index (χ3n) is 2.47. The minimum atomic E-state index is 0.117. The lowest BCUT2D eigenvalue weighted by Gasteiger charge is -2.17. The third-order valence-corrected chi connectivity index (χ3v) is 2.47. The normalized spacial score (nSPS) is 17.9. The molecule has 4 heteroatoms. The highest BCUT2D eigenvalue weighted by Crippen LogP contribution is 2.18. The molecule has 0 aromatic heterocycles. The topological polar surface area (TPSA) is 67.1 Å². The van der Waals surface area contributed by atoms with Crippen LogP contribution in [0.5, 0.6) is 0 Å². The van der Waals surface area contributed by atoms with Crippen LogP contribution >= 0.6 is 0 Å². The van der Waals surface area contributed by atoms with Crippen LogP contribution in [0.3, 0.4) is 0 Å². The number of carbonyl (C=O) groups is 1. The summed E-state index contributed by atoms with van der Waals surface area (Å²) in [4.78, 5) is 11.5. The van der Waals surface area contributed by atoms with E-state index in [2.05, 4.69) is 24.5 Å². The highest BCUT2D eigenvalue weighted by molar-refractivity contribution is 5.77. The van der Waals surface area contributed by atoms with Crippen LogP contribution in [0.15, 0.2) is 0 Å². The number of amides is 1. The van der Waals surface area contributed by atoms with Crippen LogP contribution < -0.4 is 16.4 Å². The summed E-state index contributed by atoms with van der Waals surface area (Å²) in [6.45, 7) is 5.72. The van der Waals surface area contributed by atoms with Gasteiger partial charge in [0.15, 0.2) is 0 Å². The summed E-state index contributed by atoms with van der Waals surface area (Å²) in [5.41, 5.74) is 5.61. The second-order valence-corrected chi connectivity index (χ2v) is 4.78. The van der Waals surface area contributed by atoms with E-state index in [-0.39, 0.29) is 11.9 Å². The first-order valence-electron chi connectivity index (χ1n) is 5.84. The maximum absolute atomic E-state index is 11.5. The van der Waals surface area contributed by atoms with E-state index in [0.717, 1.165) is 19.4 Å². The van der Waals surface area contributed by atoms with Gasteiger partial charge in [-0.2, -0.15) is 0 Å². The molecule has 1 rings (SSSR count). The molecule has 1 unspecified atom stereocenters. The Hall–Kier alpha value is -0.610. The average molecular weight is 213 g/mol. The molecule has 1 saturated carbocycles. The minimum Gasteiger partial charge on any atom is -0.353 e. The van der Waals surface area contributed by atoms with Crippen LogP contribution in [0.1, 0.15) is 33.1 Å². The molecule has 4 nitrogen and oxygen atoms in total. The van der Waals surface area contributed by atoms with Gasteiger partial charge in [0.1, 0.15) is 0 Å². The minimum absolute atomic E-state index is 0.117. The summed E-state index contributed by atoms with van der Waals surface area (Å²) in [5.74, 6) is 0.717. The van der Waals surface area contributed by atoms with Crippen molar-refractivity contribution in [1.82, 2.24) is 10.6 Å². The molecule has 0 bridgehead atoms. The summed E-state index contributed by atoms with van der Waals surface area (Å²) < 4.78 is 0. The van der Waals surface area contributed by atoms with Gasteiger partial charge in [0.05, 0.1) is 0 Å². The van der Waals surface area contributed by atoms with Crippen LogP contribution in [0.4, 0.5) is 0 Å². The van der Waals surface area contributed by atoms with Crippen LogP contribution in [0.2, 0.25) is 0 Å². The van der Waals surface area contributed by atoms with Crippen molar-refractivity contribution in [3.05, 3.63) is 0 Å². The molecule has 1 aliphatic carbocycles. The molecule has 15 heavy (non-hydrogen) atoms. The highest BCUT2D eigenvalue weighted by Gasteiger charge is 2.24. The Kier molecular flexibility index (Phi) is 5.05. The molecule has 1 fully saturated rings. The molecule has 1 atom stereocenters.